The molecule has 0 spiro atoms. The van der Waals surface area contributed by atoms with Crippen molar-refractivity contribution in [3.05, 3.63) is 84.2 Å². The molecule has 3 aromatic rings. The normalized spacial score (nSPS) is 12.1. The lowest BCUT2D eigenvalue weighted by Gasteiger charge is -2.32. The van der Waals surface area contributed by atoms with Gasteiger partial charge in [0, 0.05) is 23.0 Å². The Morgan fingerprint density at radius 3 is 2.17 bits per heavy atom. The van der Waals surface area contributed by atoms with Crippen LogP contribution < -0.4 is 14.4 Å². The van der Waals surface area contributed by atoms with Crippen LogP contribution in [0.1, 0.15) is 33.3 Å². The Labute approximate surface area is 245 Å². The van der Waals surface area contributed by atoms with Gasteiger partial charge in [0.2, 0.25) is 11.8 Å². The molecule has 0 bridgehead atoms. The van der Waals surface area contributed by atoms with Crippen molar-refractivity contribution in [1.82, 2.24) is 10.2 Å². The second-order valence-electron chi connectivity index (χ2n) is 9.57. The molecule has 0 heterocycles. The topological polar surface area (TPSA) is 96.0 Å². The van der Waals surface area contributed by atoms with Gasteiger partial charge in [-0.1, -0.05) is 18.2 Å². The Hall–Kier alpha value is -3.57. The zero-order valence-electron chi connectivity index (χ0n) is 23.8. The van der Waals surface area contributed by atoms with E-state index in [0.717, 1.165) is 9.20 Å². The van der Waals surface area contributed by atoms with Gasteiger partial charge in [-0.2, -0.15) is 0 Å². The molecule has 3 rings (SSSR count). The van der Waals surface area contributed by atoms with Crippen LogP contribution in [0.2, 0.25) is 0 Å². The summed E-state index contributed by atoms with van der Waals surface area (Å²) >= 11 is 1.47. The molecule has 0 aliphatic carbocycles. The van der Waals surface area contributed by atoms with Crippen molar-refractivity contribution in [2.75, 3.05) is 23.7 Å². The molecule has 0 aliphatic heterocycles. The van der Waals surface area contributed by atoms with Gasteiger partial charge in [0.15, 0.2) is 0 Å². The van der Waals surface area contributed by atoms with Crippen LogP contribution in [-0.4, -0.2) is 56.6 Å². The molecule has 8 nitrogen and oxygen atoms in total. The van der Waals surface area contributed by atoms with Crippen molar-refractivity contribution in [1.29, 1.82) is 0 Å². The number of sulfonamides is 1. The van der Waals surface area contributed by atoms with E-state index in [-0.39, 0.29) is 28.7 Å². The van der Waals surface area contributed by atoms with Crippen LogP contribution in [0, 0.1) is 5.82 Å². The standard InChI is InChI=1S/C30H36FN3O5S2/c1-6-39-25-13-11-24(12-14-25)34(41(37,38)27-17-15-26(40-5)16-18-27)20-29(35)33(22(4)30(36)32-21(2)3)19-23-9-7-8-10-28(23)31/h7-18,21-22H,6,19-20H2,1-5H3,(H,32,36). The molecule has 1 N–H and O–H groups in total. The zero-order valence-corrected chi connectivity index (χ0v) is 25.5. The highest BCUT2D eigenvalue weighted by Gasteiger charge is 2.33. The Bertz CT molecular complexity index is 1430. The fraction of sp³-hybridized carbons (Fsp3) is 0.333. The maximum absolute atomic E-state index is 14.6. The highest BCUT2D eigenvalue weighted by atomic mass is 32.2. The number of hydrogen-bond acceptors (Lipinski definition) is 6. The average molecular weight is 602 g/mol. The lowest BCUT2D eigenvalue weighted by atomic mass is 10.1. The molecule has 11 heteroatoms. The van der Waals surface area contributed by atoms with Gasteiger partial charge in [0.25, 0.3) is 10.0 Å². The molecule has 0 aromatic heterocycles. The van der Waals surface area contributed by atoms with Gasteiger partial charge in [-0.25, -0.2) is 12.8 Å². The van der Waals surface area contributed by atoms with Crippen molar-refractivity contribution in [3.8, 4) is 5.75 Å². The molecular weight excluding hydrogens is 565 g/mol. The molecule has 220 valence electrons. The van der Waals surface area contributed by atoms with Gasteiger partial charge in [-0.05, 0) is 88.5 Å². The summed E-state index contributed by atoms with van der Waals surface area (Å²) in [4.78, 5) is 29.0. The third kappa shape index (κ3) is 8.23. The van der Waals surface area contributed by atoms with E-state index < -0.39 is 40.2 Å². The van der Waals surface area contributed by atoms with Gasteiger partial charge >= 0.3 is 0 Å². The van der Waals surface area contributed by atoms with E-state index in [2.05, 4.69) is 5.32 Å². The zero-order chi connectivity index (χ0) is 30.2. The van der Waals surface area contributed by atoms with Crippen LogP contribution in [0.4, 0.5) is 10.1 Å². The molecular formula is C30H36FN3O5S2. The molecule has 0 saturated carbocycles. The minimum Gasteiger partial charge on any atom is -0.494 e. The summed E-state index contributed by atoms with van der Waals surface area (Å²) in [7, 11) is -4.22. The van der Waals surface area contributed by atoms with Crippen molar-refractivity contribution in [2.45, 2.75) is 56.1 Å². The number of carbonyl (C=O) groups excluding carboxylic acids is 2. The Balaban J connectivity index is 2.05. The Morgan fingerprint density at radius 1 is 0.976 bits per heavy atom. The second kappa shape index (κ2) is 14.4. The smallest absolute Gasteiger partial charge is 0.264 e. The van der Waals surface area contributed by atoms with E-state index in [9.17, 15) is 22.4 Å². The number of hydrogen-bond donors (Lipinski definition) is 1. The maximum Gasteiger partial charge on any atom is 0.264 e. The summed E-state index contributed by atoms with van der Waals surface area (Å²) in [6.45, 7) is 6.54. The van der Waals surface area contributed by atoms with E-state index in [1.807, 2.05) is 13.2 Å². The first kappa shape index (κ1) is 32.0. The molecule has 0 radical (unpaired) electrons. The number of nitrogens with zero attached hydrogens (tertiary/aromatic N) is 2. The van der Waals surface area contributed by atoms with Crippen molar-refractivity contribution < 1.29 is 27.1 Å². The van der Waals surface area contributed by atoms with Crippen molar-refractivity contribution in [2.24, 2.45) is 0 Å². The monoisotopic (exact) mass is 601 g/mol. The first-order valence-corrected chi connectivity index (χ1v) is 15.9. The summed E-state index contributed by atoms with van der Waals surface area (Å²) in [6, 6.07) is 17.5. The van der Waals surface area contributed by atoms with Gasteiger partial charge in [-0.15, -0.1) is 11.8 Å². The average Bonchev–Trinajstić information content (AvgIpc) is 2.95. The lowest BCUT2D eigenvalue weighted by Crippen LogP contribution is -2.52. The number of amides is 2. The van der Waals surface area contributed by atoms with E-state index in [1.54, 1.807) is 56.3 Å². The van der Waals surface area contributed by atoms with Crippen LogP contribution >= 0.6 is 11.8 Å². The van der Waals surface area contributed by atoms with Gasteiger partial charge < -0.3 is 15.0 Å². The summed E-state index contributed by atoms with van der Waals surface area (Å²) in [5.74, 6) is -1.10. The fourth-order valence-electron chi connectivity index (χ4n) is 4.08. The first-order chi connectivity index (χ1) is 19.5. The number of thioether (sulfide) groups is 1. The highest BCUT2D eigenvalue weighted by molar-refractivity contribution is 7.98. The lowest BCUT2D eigenvalue weighted by molar-refractivity contribution is -0.139. The number of ether oxygens (including phenoxy) is 1. The molecule has 1 unspecified atom stereocenters. The van der Waals surface area contributed by atoms with Crippen LogP contribution in [-0.2, 0) is 26.2 Å². The Morgan fingerprint density at radius 2 is 1.61 bits per heavy atom. The quantitative estimate of drug-likeness (QED) is 0.275. The number of rotatable bonds is 13. The van der Waals surface area contributed by atoms with Gasteiger partial charge in [0.05, 0.1) is 17.2 Å². The predicted molar refractivity (Wildman–Crippen MR) is 160 cm³/mol. The summed E-state index contributed by atoms with van der Waals surface area (Å²) < 4.78 is 49.0. The molecule has 0 aliphatic rings. The number of benzene rings is 3. The fourth-order valence-corrected chi connectivity index (χ4v) is 5.90. The molecule has 3 aromatic carbocycles. The SMILES string of the molecule is CCOc1ccc(N(CC(=O)N(Cc2ccccc2F)C(C)C(=O)NC(C)C)S(=O)(=O)c2ccc(SC)cc2)cc1. The minimum atomic E-state index is -4.22. The number of halogens is 1. The van der Waals surface area contributed by atoms with E-state index in [0.29, 0.717) is 12.4 Å². The van der Waals surface area contributed by atoms with Gasteiger partial charge in [0.1, 0.15) is 24.2 Å². The first-order valence-electron chi connectivity index (χ1n) is 13.2. The third-order valence-electron chi connectivity index (χ3n) is 6.26. The van der Waals surface area contributed by atoms with E-state index >= 15 is 0 Å². The summed E-state index contributed by atoms with van der Waals surface area (Å²) in [6.07, 6.45) is 1.88. The maximum atomic E-state index is 14.6. The largest absolute Gasteiger partial charge is 0.494 e. The molecule has 0 fully saturated rings. The molecule has 41 heavy (non-hydrogen) atoms. The molecule has 1 atom stereocenters. The second-order valence-corrected chi connectivity index (χ2v) is 12.3. The minimum absolute atomic E-state index is 0.00300. The summed E-state index contributed by atoms with van der Waals surface area (Å²) in [5.41, 5.74) is 0.439. The summed E-state index contributed by atoms with van der Waals surface area (Å²) in [5, 5.41) is 2.77. The van der Waals surface area contributed by atoms with E-state index in [1.165, 1.54) is 53.9 Å². The van der Waals surface area contributed by atoms with Crippen LogP contribution in [0.25, 0.3) is 0 Å². The number of anilines is 1. The van der Waals surface area contributed by atoms with Crippen LogP contribution in [0.5, 0.6) is 5.75 Å². The number of carbonyl (C=O) groups is 2. The highest BCUT2D eigenvalue weighted by Crippen LogP contribution is 2.28. The van der Waals surface area contributed by atoms with Crippen molar-refractivity contribution in [3.63, 3.8) is 0 Å². The molecule has 0 saturated heterocycles. The van der Waals surface area contributed by atoms with Crippen LogP contribution in [0.15, 0.2) is 82.6 Å². The number of nitrogens with one attached hydrogen (secondary N) is 1. The van der Waals surface area contributed by atoms with E-state index in [4.69, 9.17) is 4.74 Å². The predicted octanol–water partition coefficient (Wildman–Crippen LogP) is 5.08. The molecule has 2 amide bonds. The van der Waals surface area contributed by atoms with Gasteiger partial charge in [-0.3, -0.25) is 13.9 Å². The Kier molecular flexibility index (Phi) is 11.2. The van der Waals surface area contributed by atoms with Crippen LogP contribution in [0.3, 0.4) is 0 Å². The van der Waals surface area contributed by atoms with Crippen molar-refractivity contribution >= 4 is 39.3 Å². The third-order valence-corrected chi connectivity index (χ3v) is 8.79.